The Morgan fingerprint density at radius 2 is 1.71 bits per heavy atom. The Balaban J connectivity index is 1.82. The number of nitrogens with zero attached hydrogens (tertiary/aromatic N) is 4. The van der Waals surface area contributed by atoms with Crippen molar-refractivity contribution >= 4 is 22.5 Å². The van der Waals surface area contributed by atoms with Crippen LogP contribution in [0.2, 0.25) is 5.15 Å². The van der Waals surface area contributed by atoms with Crippen molar-refractivity contribution in [1.82, 2.24) is 19.5 Å². The highest BCUT2D eigenvalue weighted by Gasteiger charge is 2.37. The van der Waals surface area contributed by atoms with E-state index in [0.29, 0.717) is 33.2 Å². The van der Waals surface area contributed by atoms with Crippen LogP contribution in [0.25, 0.3) is 22.0 Å². The minimum atomic E-state index is -1.48. The van der Waals surface area contributed by atoms with Crippen molar-refractivity contribution in [3.63, 3.8) is 0 Å². The van der Waals surface area contributed by atoms with Gasteiger partial charge in [-0.25, -0.2) is 9.97 Å². The molecule has 0 fully saturated rings. The van der Waals surface area contributed by atoms with Crippen LogP contribution >= 0.6 is 11.6 Å². The molecule has 0 saturated carbocycles. The molecule has 0 radical (unpaired) electrons. The number of halogens is 1. The lowest BCUT2D eigenvalue weighted by molar-refractivity contribution is 0.117. The van der Waals surface area contributed by atoms with E-state index >= 15 is 0 Å². The van der Waals surface area contributed by atoms with Crippen LogP contribution in [0.4, 0.5) is 0 Å². The van der Waals surface area contributed by atoms with Crippen LogP contribution in [-0.2, 0) is 12.6 Å². The van der Waals surface area contributed by atoms with Gasteiger partial charge in [0.2, 0.25) is 0 Å². The van der Waals surface area contributed by atoms with E-state index in [9.17, 15) is 5.11 Å². The van der Waals surface area contributed by atoms with Crippen LogP contribution in [0.1, 0.15) is 30.7 Å². The van der Waals surface area contributed by atoms with Gasteiger partial charge in [0.25, 0.3) is 0 Å². The Kier molecular flexibility index (Phi) is 6.01. The third-order valence-corrected chi connectivity index (χ3v) is 6.29. The standard InChI is InChI=1S/C28H25ClN4O2/c1-18(2)35-26-22-15-21(9-10-23(22)32-27(29)25(26)19-7-5-4-6-8-19)28(34,20-11-13-30-14-12-20)24-16-31-17-33(24)3/h4-18,34H,1-3H3. The summed E-state index contributed by atoms with van der Waals surface area (Å²) in [6.45, 7) is 3.95. The zero-order valence-corrected chi connectivity index (χ0v) is 20.4. The molecule has 5 rings (SSSR count). The summed E-state index contributed by atoms with van der Waals surface area (Å²) in [7, 11) is 1.86. The lowest BCUT2D eigenvalue weighted by atomic mass is 9.83. The van der Waals surface area contributed by atoms with E-state index in [-0.39, 0.29) is 6.10 Å². The summed E-state index contributed by atoms with van der Waals surface area (Å²) in [6, 6.07) is 19.1. The summed E-state index contributed by atoms with van der Waals surface area (Å²) in [6.07, 6.45) is 6.58. The number of benzene rings is 2. The van der Waals surface area contributed by atoms with E-state index < -0.39 is 5.60 Å². The number of fused-ring (bicyclic) bond motifs is 1. The molecule has 35 heavy (non-hydrogen) atoms. The highest BCUT2D eigenvalue weighted by atomic mass is 35.5. The molecule has 0 bridgehead atoms. The summed E-state index contributed by atoms with van der Waals surface area (Å²) in [4.78, 5) is 13.1. The molecule has 3 aromatic heterocycles. The van der Waals surface area contributed by atoms with Crippen molar-refractivity contribution in [1.29, 1.82) is 0 Å². The van der Waals surface area contributed by atoms with Crippen molar-refractivity contribution in [2.45, 2.75) is 25.6 Å². The van der Waals surface area contributed by atoms with Gasteiger partial charge < -0.3 is 14.4 Å². The monoisotopic (exact) mass is 484 g/mol. The van der Waals surface area contributed by atoms with Crippen molar-refractivity contribution < 1.29 is 9.84 Å². The van der Waals surface area contributed by atoms with Crippen molar-refractivity contribution in [3.8, 4) is 16.9 Å². The van der Waals surface area contributed by atoms with Gasteiger partial charge in [0.15, 0.2) is 5.60 Å². The zero-order valence-electron chi connectivity index (χ0n) is 19.7. The fourth-order valence-electron chi connectivity index (χ4n) is 4.40. The third-order valence-electron chi connectivity index (χ3n) is 6.01. The smallest absolute Gasteiger partial charge is 0.157 e. The van der Waals surface area contributed by atoms with Gasteiger partial charge in [-0.3, -0.25) is 4.98 Å². The first kappa shape index (κ1) is 23.0. The number of imidazole rings is 1. The second-order valence-electron chi connectivity index (χ2n) is 8.71. The number of pyridine rings is 2. The largest absolute Gasteiger partial charge is 0.490 e. The van der Waals surface area contributed by atoms with Gasteiger partial charge in [0, 0.05) is 24.8 Å². The molecule has 1 unspecified atom stereocenters. The minimum Gasteiger partial charge on any atom is -0.490 e. The number of hydrogen-bond acceptors (Lipinski definition) is 5. The van der Waals surface area contributed by atoms with Crippen LogP contribution in [0, 0.1) is 0 Å². The Morgan fingerprint density at radius 3 is 2.37 bits per heavy atom. The number of hydrogen-bond donors (Lipinski definition) is 1. The summed E-state index contributed by atoms with van der Waals surface area (Å²) < 4.78 is 8.16. The Labute approximate surface area is 208 Å². The molecule has 2 aromatic carbocycles. The van der Waals surface area contributed by atoms with Crippen LogP contribution in [0.15, 0.2) is 85.6 Å². The summed E-state index contributed by atoms with van der Waals surface area (Å²) in [5.41, 5.74) is 2.77. The van der Waals surface area contributed by atoms with Crippen molar-refractivity contribution in [2.24, 2.45) is 7.05 Å². The van der Waals surface area contributed by atoms with E-state index in [1.165, 1.54) is 0 Å². The average Bonchev–Trinajstić information content (AvgIpc) is 3.30. The minimum absolute atomic E-state index is 0.0982. The van der Waals surface area contributed by atoms with Crippen LogP contribution in [-0.4, -0.2) is 30.7 Å². The Bertz CT molecular complexity index is 1490. The topological polar surface area (TPSA) is 73.1 Å². The van der Waals surface area contributed by atoms with Gasteiger partial charge in [-0.15, -0.1) is 0 Å². The molecule has 5 aromatic rings. The SMILES string of the molecule is CC(C)Oc1c(-c2ccccc2)c(Cl)nc2ccc(C(O)(c3ccncc3)c3cncn3C)cc12. The Morgan fingerprint density at radius 1 is 0.971 bits per heavy atom. The number of rotatable bonds is 6. The molecule has 0 aliphatic heterocycles. The van der Waals surface area contributed by atoms with Gasteiger partial charge >= 0.3 is 0 Å². The van der Waals surface area contributed by atoms with Gasteiger partial charge in [-0.1, -0.05) is 48.0 Å². The average molecular weight is 485 g/mol. The fourth-order valence-corrected chi connectivity index (χ4v) is 4.69. The van der Waals surface area contributed by atoms with Crippen LogP contribution < -0.4 is 4.74 Å². The zero-order chi connectivity index (χ0) is 24.6. The lowest BCUT2D eigenvalue weighted by Crippen LogP contribution is -2.31. The Hall–Kier alpha value is -3.74. The quantitative estimate of drug-likeness (QED) is 0.310. The first-order valence-corrected chi connectivity index (χ1v) is 11.7. The number of aryl methyl sites for hydroxylation is 1. The predicted molar refractivity (Wildman–Crippen MR) is 137 cm³/mol. The van der Waals surface area contributed by atoms with E-state index in [2.05, 4.69) is 15.0 Å². The molecule has 3 heterocycles. The van der Waals surface area contributed by atoms with Gasteiger partial charge in [0.05, 0.1) is 35.4 Å². The molecule has 1 atom stereocenters. The van der Waals surface area contributed by atoms with Crippen LogP contribution in [0.3, 0.4) is 0 Å². The molecule has 0 amide bonds. The lowest BCUT2D eigenvalue weighted by Gasteiger charge is -2.30. The molecular formula is C28H25ClN4O2. The molecule has 0 spiro atoms. The van der Waals surface area contributed by atoms with Crippen molar-refractivity contribution in [3.05, 3.63) is 108 Å². The molecule has 1 N–H and O–H groups in total. The molecule has 6 nitrogen and oxygen atoms in total. The van der Waals surface area contributed by atoms with E-state index in [0.717, 1.165) is 16.5 Å². The van der Waals surface area contributed by atoms with Crippen molar-refractivity contribution in [2.75, 3.05) is 0 Å². The molecular weight excluding hydrogens is 460 g/mol. The molecule has 176 valence electrons. The first-order chi connectivity index (χ1) is 16.9. The summed E-state index contributed by atoms with van der Waals surface area (Å²) in [5.74, 6) is 0.630. The molecule has 7 heteroatoms. The van der Waals surface area contributed by atoms with E-state index in [1.807, 2.05) is 74.0 Å². The molecule has 0 aliphatic rings. The molecule has 0 aliphatic carbocycles. The van der Waals surface area contributed by atoms with Crippen LogP contribution in [0.5, 0.6) is 5.75 Å². The normalized spacial score (nSPS) is 13.2. The van der Waals surface area contributed by atoms with Gasteiger partial charge in [-0.05, 0) is 54.8 Å². The number of ether oxygens (including phenoxy) is 1. The highest BCUT2D eigenvalue weighted by molar-refractivity contribution is 6.33. The maximum atomic E-state index is 12.3. The fraction of sp³-hybridized carbons (Fsp3) is 0.179. The number of aromatic nitrogens is 4. The van der Waals surface area contributed by atoms with Gasteiger partial charge in [0.1, 0.15) is 10.9 Å². The van der Waals surface area contributed by atoms with Gasteiger partial charge in [-0.2, -0.15) is 0 Å². The summed E-state index contributed by atoms with van der Waals surface area (Å²) >= 11 is 6.69. The maximum absolute atomic E-state index is 12.3. The van der Waals surface area contributed by atoms with E-state index in [4.69, 9.17) is 16.3 Å². The third kappa shape index (κ3) is 4.05. The number of aliphatic hydroxyl groups is 1. The summed E-state index contributed by atoms with van der Waals surface area (Å²) in [5, 5.41) is 13.4. The highest BCUT2D eigenvalue weighted by Crippen LogP contribution is 2.44. The second-order valence-corrected chi connectivity index (χ2v) is 9.07. The van der Waals surface area contributed by atoms with E-state index in [1.54, 1.807) is 37.1 Å². The predicted octanol–water partition coefficient (Wildman–Crippen LogP) is 5.76. The molecule has 0 saturated heterocycles. The first-order valence-electron chi connectivity index (χ1n) is 11.3. The second kappa shape index (κ2) is 9.13. The maximum Gasteiger partial charge on any atom is 0.157 e.